The fraction of sp³-hybridized carbons (Fsp3) is 0.200. The maximum atomic E-state index is 13.0. The first-order valence-electron chi connectivity index (χ1n) is 10.9. The number of nitrogens with one attached hydrogen (secondary N) is 1. The van der Waals surface area contributed by atoms with E-state index in [1.165, 1.54) is 34.8 Å². The van der Waals surface area contributed by atoms with Gasteiger partial charge in [0.1, 0.15) is 18.4 Å². The number of rotatable bonds is 8. The first-order valence-corrected chi connectivity index (χ1v) is 13.5. The molecule has 0 spiro atoms. The topological polar surface area (TPSA) is 88.1 Å². The number of ether oxygens (including phenoxy) is 1. The summed E-state index contributed by atoms with van der Waals surface area (Å²) in [5.41, 5.74) is 4.29. The lowest BCUT2D eigenvalue weighted by atomic mass is 10.2. The molecule has 1 saturated heterocycles. The average molecular weight is 577 g/mol. The largest absolute Gasteiger partial charge is 0.489 e. The van der Waals surface area contributed by atoms with E-state index in [0.717, 1.165) is 15.6 Å². The van der Waals surface area contributed by atoms with Crippen molar-refractivity contribution in [2.24, 2.45) is 5.10 Å². The Morgan fingerprint density at radius 2 is 1.77 bits per heavy atom. The van der Waals surface area contributed by atoms with Crippen LogP contribution in [0.5, 0.6) is 5.75 Å². The minimum absolute atomic E-state index is 0.104. The fourth-order valence-corrected chi connectivity index (χ4v) is 5.72. The Balaban J connectivity index is 1.32. The molecular weight excluding hydrogens is 554 g/mol. The van der Waals surface area contributed by atoms with Crippen LogP contribution in [0.2, 0.25) is 5.02 Å². The summed E-state index contributed by atoms with van der Waals surface area (Å²) < 4.78 is 34.0. The third-order valence-corrected chi connectivity index (χ3v) is 8.22. The van der Waals surface area contributed by atoms with E-state index in [1.807, 2.05) is 48.5 Å². The number of hydrazone groups is 1. The minimum atomic E-state index is -3.81. The lowest BCUT2D eigenvalue weighted by Gasteiger charge is -2.22. The molecule has 182 valence electrons. The normalized spacial score (nSPS) is 16.5. The van der Waals surface area contributed by atoms with Gasteiger partial charge in [0.15, 0.2) is 0 Å². The maximum Gasteiger partial charge on any atom is 0.258 e. The van der Waals surface area contributed by atoms with Crippen LogP contribution in [0.25, 0.3) is 0 Å². The van der Waals surface area contributed by atoms with Crippen molar-refractivity contribution < 1.29 is 17.9 Å². The number of nitrogens with zero attached hydrogens (tertiary/aromatic N) is 2. The highest BCUT2D eigenvalue weighted by atomic mass is 79.9. The molecular formula is C25H23BrClN3O4S. The number of hydrogen-bond donors (Lipinski definition) is 1. The van der Waals surface area contributed by atoms with Gasteiger partial charge in [-0.2, -0.15) is 9.41 Å². The van der Waals surface area contributed by atoms with Gasteiger partial charge < -0.3 is 4.74 Å². The van der Waals surface area contributed by atoms with Gasteiger partial charge in [0.2, 0.25) is 10.0 Å². The summed E-state index contributed by atoms with van der Waals surface area (Å²) in [6.45, 7) is 0.724. The van der Waals surface area contributed by atoms with Gasteiger partial charge in [0.05, 0.1) is 11.1 Å². The summed E-state index contributed by atoms with van der Waals surface area (Å²) in [4.78, 5) is 12.8. The van der Waals surface area contributed by atoms with Crippen molar-refractivity contribution in [1.29, 1.82) is 0 Å². The SMILES string of the molecule is O=C(N/N=C\c1ccc(OCc2ccc(Br)cc2)cc1)[C@H]1CCCN1S(=O)(=O)c1ccc(Cl)cc1. The second-order valence-corrected chi connectivity index (χ2v) is 11.2. The maximum absolute atomic E-state index is 13.0. The lowest BCUT2D eigenvalue weighted by molar-refractivity contribution is -0.124. The molecule has 0 aliphatic carbocycles. The summed E-state index contributed by atoms with van der Waals surface area (Å²) in [7, 11) is -3.81. The van der Waals surface area contributed by atoms with Gasteiger partial charge >= 0.3 is 0 Å². The summed E-state index contributed by atoms with van der Waals surface area (Å²) in [6.07, 6.45) is 2.53. The molecule has 3 aromatic rings. The number of amides is 1. The molecule has 1 atom stereocenters. The number of sulfonamides is 1. The van der Waals surface area contributed by atoms with Gasteiger partial charge in [-0.25, -0.2) is 13.8 Å². The quantitative estimate of drug-likeness (QED) is 0.303. The molecule has 0 radical (unpaired) electrons. The summed E-state index contributed by atoms with van der Waals surface area (Å²) >= 11 is 9.27. The second kappa shape index (κ2) is 11.3. The molecule has 1 heterocycles. The molecule has 4 rings (SSSR count). The Bertz CT molecular complexity index is 1300. The number of benzene rings is 3. The predicted octanol–water partition coefficient (Wildman–Crippen LogP) is 4.98. The van der Waals surface area contributed by atoms with Crippen LogP contribution in [0, 0.1) is 0 Å². The zero-order chi connectivity index (χ0) is 24.8. The van der Waals surface area contributed by atoms with Gasteiger partial charge in [-0.1, -0.05) is 39.7 Å². The zero-order valence-corrected chi connectivity index (χ0v) is 21.8. The molecule has 1 fully saturated rings. The Morgan fingerprint density at radius 3 is 2.46 bits per heavy atom. The van der Waals surface area contributed by atoms with E-state index in [9.17, 15) is 13.2 Å². The zero-order valence-electron chi connectivity index (χ0n) is 18.6. The molecule has 1 N–H and O–H groups in total. The highest BCUT2D eigenvalue weighted by Gasteiger charge is 2.39. The highest BCUT2D eigenvalue weighted by Crippen LogP contribution is 2.27. The van der Waals surface area contributed by atoms with Crippen molar-refractivity contribution >= 4 is 49.7 Å². The predicted molar refractivity (Wildman–Crippen MR) is 139 cm³/mol. The average Bonchev–Trinajstić information content (AvgIpc) is 3.36. The van der Waals surface area contributed by atoms with E-state index in [-0.39, 0.29) is 11.4 Å². The Morgan fingerprint density at radius 1 is 1.09 bits per heavy atom. The molecule has 1 amide bonds. The summed E-state index contributed by atoms with van der Waals surface area (Å²) in [5.74, 6) is 0.244. The molecule has 35 heavy (non-hydrogen) atoms. The second-order valence-electron chi connectivity index (χ2n) is 7.95. The van der Waals surface area contributed by atoms with Crippen molar-refractivity contribution in [3.8, 4) is 5.75 Å². The highest BCUT2D eigenvalue weighted by molar-refractivity contribution is 9.10. The van der Waals surface area contributed by atoms with Gasteiger partial charge in [0, 0.05) is 16.0 Å². The third-order valence-electron chi connectivity index (χ3n) is 5.51. The van der Waals surface area contributed by atoms with Gasteiger partial charge in [-0.05, 0) is 84.6 Å². The Kier molecular flexibility index (Phi) is 8.22. The van der Waals surface area contributed by atoms with Crippen molar-refractivity contribution in [2.75, 3.05) is 6.54 Å². The standard InChI is InChI=1S/C25H23BrClN3O4S/c26-20-7-3-19(4-8-20)17-34-22-11-5-18(6-12-22)16-28-29-25(31)24-2-1-15-30(24)35(32,33)23-13-9-21(27)10-14-23/h3-14,16,24H,1-2,15,17H2,(H,29,31)/b28-16-/t24-/m1/s1. The molecule has 0 aromatic heterocycles. The Labute approximate surface area is 217 Å². The van der Waals surface area contributed by atoms with E-state index >= 15 is 0 Å². The lowest BCUT2D eigenvalue weighted by Crippen LogP contribution is -2.44. The van der Waals surface area contributed by atoms with Crippen molar-refractivity contribution in [1.82, 2.24) is 9.73 Å². The number of carbonyl (C=O) groups excluding carboxylic acids is 1. The molecule has 3 aromatic carbocycles. The van der Waals surface area contributed by atoms with Crippen LogP contribution in [-0.2, 0) is 21.4 Å². The molecule has 0 bridgehead atoms. The van der Waals surface area contributed by atoms with Crippen LogP contribution in [0.3, 0.4) is 0 Å². The minimum Gasteiger partial charge on any atom is -0.489 e. The summed E-state index contributed by atoms with van der Waals surface area (Å²) in [6, 6.07) is 20.3. The van der Waals surface area contributed by atoms with E-state index < -0.39 is 22.0 Å². The number of halogens is 2. The third kappa shape index (κ3) is 6.49. The Hall–Kier alpha value is -2.72. The van der Waals surface area contributed by atoms with Crippen LogP contribution < -0.4 is 10.2 Å². The van der Waals surface area contributed by atoms with Crippen LogP contribution in [0.4, 0.5) is 0 Å². The van der Waals surface area contributed by atoms with Crippen LogP contribution in [0.1, 0.15) is 24.0 Å². The molecule has 0 unspecified atom stereocenters. The first-order chi connectivity index (χ1) is 16.8. The molecule has 1 aliphatic heterocycles. The molecule has 1 aliphatic rings. The van der Waals surface area contributed by atoms with Crippen LogP contribution in [-0.4, -0.2) is 37.4 Å². The van der Waals surface area contributed by atoms with E-state index in [2.05, 4.69) is 26.5 Å². The molecule has 0 saturated carbocycles. The fourth-order valence-electron chi connectivity index (χ4n) is 3.67. The van der Waals surface area contributed by atoms with Gasteiger partial charge in [0.25, 0.3) is 5.91 Å². The molecule has 7 nitrogen and oxygen atoms in total. The summed E-state index contributed by atoms with van der Waals surface area (Å²) in [5, 5.41) is 4.45. The number of hydrogen-bond acceptors (Lipinski definition) is 5. The van der Waals surface area contributed by atoms with Crippen LogP contribution >= 0.6 is 27.5 Å². The van der Waals surface area contributed by atoms with Gasteiger partial charge in [-0.15, -0.1) is 0 Å². The first kappa shape index (κ1) is 25.4. The smallest absolute Gasteiger partial charge is 0.258 e. The van der Waals surface area contributed by atoms with Crippen molar-refractivity contribution in [2.45, 2.75) is 30.4 Å². The van der Waals surface area contributed by atoms with Crippen molar-refractivity contribution in [3.05, 3.63) is 93.4 Å². The van der Waals surface area contributed by atoms with Crippen LogP contribution in [0.15, 0.2) is 87.3 Å². The van der Waals surface area contributed by atoms with E-state index in [1.54, 1.807) is 0 Å². The monoisotopic (exact) mass is 575 g/mol. The molecule has 10 heteroatoms. The number of carbonyl (C=O) groups is 1. The van der Waals surface area contributed by atoms with E-state index in [4.69, 9.17) is 16.3 Å². The van der Waals surface area contributed by atoms with Crippen molar-refractivity contribution in [3.63, 3.8) is 0 Å². The van der Waals surface area contributed by atoms with Gasteiger partial charge in [-0.3, -0.25) is 4.79 Å². The van der Waals surface area contributed by atoms with E-state index in [0.29, 0.717) is 30.2 Å².